The molecule has 138 valence electrons. The van der Waals surface area contributed by atoms with Crippen LogP contribution in [0.25, 0.3) is 0 Å². The van der Waals surface area contributed by atoms with Crippen molar-refractivity contribution in [2.24, 2.45) is 7.05 Å². The number of methoxy groups -OCH3 is 1. The maximum Gasteiger partial charge on any atom is 0.333 e. The first-order valence-electron chi connectivity index (χ1n) is 8.28. The predicted molar refractivity (Wildman–Crippen MR) is 95.7 cm³/mol. The summed E-state index contributed by atoms with van der Waals surface area (Å²) in [5.41, 5.74) is 0.989. The van der Waals surface area contributed by atoms with E-state index in [4.69, 9.17) is 4.74 Å². The molecule has 1 amide bonds. The minimum Gasteiger partial charge on any atom is -0.497 e. The van der Waals surface area contributed by atoms with Gasteiger partial charge in [-0.25, -0.2) is 4.68 Å². The number of aromatic nitrogens is 2. The highest BCUT2D eigenvalue weighted by Gasteiger charge is 2.31. The first kappa shape index (κ1) is 17.7. The van der Waals surface area contributed by atoms with Crippen LogP contribution in [0.4, 0.5) is 11.5 Å². The number of aryl methyl sites for hydroxylation is 2. The van der Waals surface area contributed by atoms with Crippen LogP contribution in [0.2, 0.25) is 0 Å². The lowest BCUT2D eigenvalue weighted by Crippen LogP contribution is -2.49. The third kappa shape index (κ3) is 3.19. The van der Waals surface area contributed by atoms with Crippen molar-refractivity contribution in [3.8, 4) is 5.75 Å². The van der Waals surface area contributed by atoms with Crippen molar-refractivity contribution in [3.63, 3.8) is 0 Å². The highest BCUT2D eigenvalue weighted by molar-refractivity contribution is 5.94. The van der Waals surface area contributed by atoms with Crippen molar-refractivity contribution in [1.82, 2.24) is 14.7 Å². The first-order chi connectivity index (χ1) is 12.4. The Balaban J connectivity index is 1.74. The summed E-state index contributed by atoms with van der Waals surface area (Å²) >= 11 is 0. The van der Waals surface area contributed by atoms with Gasteiger partial charge in [0, 0.05) is 38.8 Å². The van der Waals surface area contributed by atoms with Gasteiger partial charge < -0.3 is 14.5 Å². The summed E-state index contributed by atoms with van der Waals surface area (Å²) in [7, 11) is 3.26. The second kappa shape index (κ2) is 7.03. The van der Waals surface area contributed by atoms with Gasteiger partial charge in [-0.1, -0.05) is 6.07 Å². The van der Waals surface area contributed by atoms with E-state index in [1.807, 2.05) is 4.90 Å². The lowest BCUT2D eigenvalue weighted by Gasteiger charge is -2.35. The lowest BCUT2D eigenvalue weighted by molar-refractivity contribution is -0.384. The molecular weight excluding hydrogens is 338 g/mol. The summed E-state index contributed by atoms with van der Waals surface area (Å²) in [6.45, 7) is 3.62. The van der Waals surface area contributed by atoms with E-state index in [1.165, 1.54) is 4.68 Å². The molecule has 2 aromatic rings. The molecule has 1 fully saturated rings. The number of piperazine rings is 1. The van der Waals surface area contributed by atoms with E-state index in [0.717, 1.165) is 0 Å². The molecule has 1 saturated heterocycles. The molecule has 0 atom stereocenters. The number of carbonyl (C=O) groups excluding carboxylic acids is 1. The Morgan fingerprint density at radius 2 is 1.96 bits per heavy atom. The molecule has 0 bridgehead atoms. The van der Waals surface area contributed by atoms with Crippen LogP contribution in [0.3, 0.4) is 0 Å². The van der Waals surface area contributed by atoms with Crippen LogP contribution in [0.1, 0.15) is 16.1 Å². The zero-order valence-corrected chi connectivity index (χ0v) is 15.0. The van der Waals surface area contributed by atoms with E-state index < -0.39 is 4.92 Å². The number of rotatable bonds is 4. The van der Waals surface area contributed by atoms with Gasteiger partial charge in [-0.05, 0) is 25.1 Å². The number of benzene rings is 1. The molecule has 9 heteroatoms. The Morgan fingerprint density at radius 1 is 1.27 bits per heavy atom. The smallest absolute Gasteiger partial charge is 0.333 e. The zero-order valence-electron chi connectivity index (χ0n) is 15.0. The second-order valence-electron chi connectivity index (χ2n) is 6.15. The van der Waals surface area contributed by atoms with Crippen LogP contribution in [0.5, 0.6) is 5.75 Å². The molecule has 0 unspecified atom stereocenters. The number of anilines is 1. The maximum atomic E-state index is 12.7. The summed E-state index contributed by atoms with van der Waals surface area (Å²) in [6.07, 6.45) is 0. The van der Waals surface area contributed by atoms with Gasteiger partial charge >= 0.3 is 5.69 Å². The molecule has 0 saturated carbocycles. The fourth-order valence-electron chi connectivity index (χ4n) is 3.26. The number of amides is 1. The fraction of sp³-hybridized carbons (Fsp3) is 0.412. The van der Waals surface area contributed by atoms with Crippen molar-refractivity contribution in [1.29, 1.82) is 0 Å². The largest absolute Gasteiger partial charge is 0.497 e. The summed E-state index contributed by atoms with van der Waals surface area (Å²) in [4.78, 5) is 27.3. The first-order valence-corrected chi connectivity index (χ1v) is 8.28. The molecule has 1 aliphatic rings. The third-order valence-electron chi connectivity index (χ3n) is 4.53. The second-order valence-corrected chi connectivity index (χ2v) is 6.15. The Labute approximate surface area is 150 Å². The van der Waals surface area contributed by atoms with Crippen molar-refractivity contribution < 1.29 is 14.5 Å². The Morgan fingerprint density at radius 3 is 2.58 bits per heavy atom. The van der Waals surface area contributed by atoms with Gasteiger partial charge in [-0.3, -0.25) is 14.9 Å². The lowest BCUT2D eigenvalue weighted by atomic mass is 10.1. The van der Waals surface area contributed by atoms with Crippen LogP contribution < -0.4 is 9.64 Å². The average molecular weight is 359 g/mol. The molecule has 1 aliphatic heterocycles. The number of ether oxygens (including phenoxy) is 1. The quantitative estimate of drug-likeness (QED) is 0.608. The number of hydrogen-bond donors (Lipinski definition) is 0. The molecule has 0 aliphatic carbocycles. The van der Waals surface area contributed by atoms with Crippen molar-refractivity contribution >= 4 is 17.4 Å². The van der Waals surface area contributed by atoms with Crippen LogP contribution >= 0.6 is 0 Å². The standard InChI is InChI=1S/C17H21N5O4/c1-12-15(22(24)25)16(19(2)18-12)20-7-9-21(10-8-20)17(23)13-5-4-6-14(11-13)26-3/h4-6,11H,7-10H2,1-3H3. The van der Waals surface area contributed by atoms with E-state index in [0.29, 0.717) is 49.0 Å². The summed E-state index contributed by atoms with van der Waals surface area (Å²) in [6, 6.07) is 7.04. The van der Waals surface area contributed by atoms with Crippen molar-refractivity contribution in [2.45, 2.75) is 6.92 Å². The highest BCUT2D eigenvalue weighted by Crippen LogP contribution is 2.31. The number of carbonyl (C=O) groups is 1. The third-order valence-corrected chi connectivity index (χ3v) is 4.53. The van der Waals surface area contributed by atoms with Gasteiger partial charge in [0.15, 0.2) is 0 Å². The number of nitro groups is 1. The van der Waals surface area contributed by atoms with Crippen molar-refractivity contribution in [2.75, 3.05) is 38.2 Å². The van der Waals surface area contributed by atoms with E-state index >= 15 is 0 Å². The Bertz CT molecular complexity index is 840. The van der Waals surface area contributed by atoms with Gasteiger partial charge in [0.2, 0.25) is 5.82 Å². The summed E-state index contributed by atoms with van der Waals surface area (Å²) < 4.78 is 6.70. The van der Waals surface area contributed by atoms with Gasteiger partial charge in [0.05, 0.1) is 12.0 Å². The topological polar surface area (TPSA) is 93.7 Å². The molecule has 1 aromatic heterocycles. The van der Waals surface area contributed by atoms with Gasteiger partial charge in [0.25, 0.3) is 5.91 Å². The molecule has 0 N–H and O–H groups in total. The highest BCUT2D eigenvalue weighted by atomic mass is 16.6. The SMILES string of the molecule is COc1cccc(C(=O)N2CCN(c3c([N+](=O)[O-])c(C)nn3C)CC2)c1. The minimum atomic E-state index is -0.397. The van der Waals surface area contributed by atoms with Crippen molar-refractivity contribution in [3.05, 3.63) is 45.6 Å². The van der Waals surface area contributed by atoms with Crippen LogP contribution in [-0.2, 0) is 7.05 Å². The van der Waals surface area contributed by atoms with Gasteiger partial charge in [-0.15, -0.1) is 0 Å². The van der Waals surface area contributed by atoms with Gasteiger partial charge in [-0.2, -0.15) is 5.10 Å². The van der Waals surface area contributed by atoms with Crippen LogP contribution in [-0.4, -0.2) is 58.8 Å². The van der Waals surface area contributed by atoms with Gasteiger partial charge in [0.1, 0.15) is 11.4 Å². The van der Waals surface area contributed by atoms with Crippen LogP contribution in [0.15, 0.2) is 24.3 Å². The zero-order chi connectivity index (χ0) is 18.8. The van der Waals surface area contributed by atoms with Crippen LogP contribution in [0, 0.1) is 17.0 Å². The monoisotopic (exact) mass is 359 g/mol. The molecule has 0 radical (unpaired) electrons. The van der Waals surface area contributed by atoms with E-state index in [2.05, 4.69) is 5.10 Å². The maximum absolute atomic E-state index is 12.7. The van der Waals surface area contributed by atoms with E-state index in [1.54, 1.807) is 50.2 Å². The molecule has 0 spiro atoms. The molecular formula is C17H21N5O4. The summed E-state index contributed by atoms with van der Waals surface area (Å²) in [5.74, 6) is 1.05. The Hall–Kier alpha value is -3.10. The molecule has 9 nitrogen and oxygen atoms in total. The predicted octanol–water partition coefficient (Wildman–Crippen LogP) is 1.61. The number of hydrogen-bond acceptors (Lipinski definition) is 6. The van der Waals surface area contributed by atoms with E-state index in [-0.39, 0.29) is 11.6 Å². The Kier molecular flexibility index (Phi) is 4.79. The van der Waals surface area contributed by atoms with E-state index in [9.17, 15) is 14.9 Å². The molecule has 3 rings (SSSR count). The normalized spacial score (nSPS) is 14.4. The summed E-state index contributed by atoms with van der Waals surface area (Å²) in [5, 5.41) is 15.5. The molecule has 2 heterocycles. The molecule has 1 aromatic carbocycles. The minimum absolute atomic E-state index is 0.0278. The fourth-order valence-corrected chi connectivity index (χ4v) is 3.26. The molecule has 26 heavy (non-hydrogen) atoms. The number of nitrogens with zero attached hydrogens (tertiary/aromatic N) is 5. The average Bonchev–Trinajstić information content (AvgIpc) is 2.95.